The van der Waals surface area contributed by atoms with Gasteiger partial charge in [-0.3, -0.25) is 9.59 Å². The molecule has 0 saturated carbocycles. The zero-order valence-electron chi connectivity index (χ0n) is 14.4. The Hall–Kier alpha value is -2.62. The topological polar surface area (TPSA) is 46.6 Å². The van der Waals surface area contributed by atoms with E-state index in [0.717, 1.165) is 11.1 Å². The molecule has 4 nitrogen and oxygen atoms in total. The van der Waals surface area contributed by atoms with Crippen LogP contribution in [0, 0.1) is 0 Å². The number of carbonyl (C=O) groups excluding carboxylic acids is 2. The summed E-state index contributed by atoms with van der Waals surface area (Å²) in [5.41, 5.74) is 2.61. The Labute approximate surface area is 143 Å². The highest BCUT2D eigenvalue weighted by molar-refractivity contribution is 5.94. The molecule has 1 amide bonds. The van der Waals surface area contributed by atoms with Crippen molar-refractivity contribution in [2.24, 2.45) is 0 Å². The molecule has 126 valence electrons. The number of ether oxygens (including phenoxy) is 1. The van der Waals surface area contributed by atoms with Gasteiger partial charge in [0, 0.05) is 32.0 Å². The van der Waals surface area contributed by atoms with Crippen LogP contribution in [0.25, 0.3) is 0 Å². The average Bonchev–Trinajstić information content (AvgIpc) is 2.57. The van der Waals surface area contributed by atoms with Crippen LogP contribution >= 0.6 is 0 Å². The van der Waals surface area contributed by atoms with Crippen LogP contribution in [0.5, 0.6) is 5.75 Å². The van der Waals surface area contributed by atoms with Gasteiger partial charge in [0.1, 0.15) is 5.75 Å². The number of amides is 1. The molecule has 0 fully saturated rings. The largest absolute Gasteiger partial charge is 0.426 e. The van der Waals surface area contributed by atoms with Crippen LogP contribution in [0.3, 0.4) is 0 Å². The Kier molecular flexibility index (Phi) is 6.13. The summed E-state index contributed by atoms with van der Waals surface area (Å²) in [6.07, 6.45) is 0.600. The number of nitrogens with zero attached hydrogens (tertiary/aromatic N) is 1. The number of carbonyl (C=O) groups is 2. The van der Waals surface area contributed by atoms with Gasteiger partial charge in [-0.2, -0.15) is 0 Å². The maximum atomic E-state index is 12.5. The molecule has 0 aliphatic rings. The molecule has 0 heterocycles. The van der Waals surface area contributed by atoms with Crippen LogP contribution in [-0.4, -0.2) is 29.9 Å². The number of hydrogen-bond donors (Lipinski definition) is 0. The molecule has 0 aliphatic carbocycles. The third-order valence-electron chi connectivity index (χ3n) is 3.85. The lowest BCUT2D eigenvalue weighted by Crippen LogP contribution is -2.30. The first-order valence-electron chi connectivity index (χ1n) is 8.19. The number of esters is 1. The highest BCUT2D eigenvalue weighted by atomic mass is 16.5. The van der Waals surface area contributed by atoms with Crippen molar-refractivity contribution in [2.45, 2.75) is 27.2 Å². The van der Waals surface area contributed by atoms with Crippen molar-refractivity contribution in [1.82, 2.24) is 4.90 Å². The van der Waals surface area contributed by atoms with E-state index < -0.39 is 0 Å². The molecule has 0 atom stereocenters. The summed E-state index contributed by atoms with van der Waals surface area (Å²) in [7, 11) is 0. The van der Waals surface area contributed by atoms with Crippen LogP contribution in [0.1, 0.15) is 42.3 Å². The average molecular weight is 325 g/mol. The van der Waals surface area contributed by atoms with E-state index in [1.807, 2.05) is 56.3 Å². The van der Waals surface area contributed by atoms with E-state index in [4.69, 9.17) is 4.74 Å². The lowest BCUT2D eigenvalue weighted by atomic mass is 10.0. The van der Waals surface area contributed by atoms with Crippen LogP contribution < -0.4 is 4.74 Å². The van der Waals surface area contributed by atoms with Crippen molar-refractivity contribution in [3.63, 3.8) is 0 Å². The van der Waals surface area contributed by atoms with Gasteiger partial charge in [0.05, 0.1) is 0 Å². The summed E-state index contributed by atoms with van der Waals surface area (Å²) in [5.74, 6) is 0.258. The van der Waals surface area contributed by atoms with Gasteiger partial charge in [-0.1, -0.05) is 30.3 Å². The SMILES string of the molecule is CCN(CC)C(=O)c1cccc(Cc2ccccc2OC(C)=O)c1. The molecule has 0 unspecified atom stereocenters. The second kappa shape index (κ2) is 8.29. The van der Waals surface area contributed by atoms with Gasteiger partial charge < -0.3 is 9.64 Å². The molecular formula is C20H23NO3. The predicted octanol–water partition coefficient (Wildman–Crippen LogP) is 3.68. The third kappa shape index (κ3) is 4.44. The highest BCUT2D eigenvalue weighted by Crippen LogP contribution is 2.22. The van der Waals surface area contributed by atoms with Crippen LogP contribution in [0.2, 0.25) is 0 Å². The van der Waals surface area contributed by atoms with E-state index in [1.165, 1.54) is 6.92 Å². The third-order valence-corrected chi connectivity index (χ3v) is 3.85. The lowest BCUT2D eigenvalue weighted by Gasteiger charge is -2.19. The van der Waals surface area contributed by atoms with E-state index >= 15 is 0 Å². The zero-order chi connectivity index (χ0) is 17.5. The minimum atomic E-state index is -0.340. The van der Waals surface area contributed by atoms with Gasteiger partial charge in [-0.15, -0.1) is 0 Å². The zero-order valence-corrected chi connectivity index (χ0v) is 14.4. The van der Waals surface area contributed by atoms with Gasteiger partial charge in [0.2, 0.25) is 0 Å². The lowest BCUT2D eigenvalue weighted by molar-refractivity contribution is -0.131. The molecule has 0 N–H and O–H groups in total. The first kappa shape index (κ1) is 17.7. The first-order valence-corrected chi connectivity index (χ1v) is 8.19. The molecule has 2 aromatic carbocycles. The molecule has 0 bridgehead atoms. The van der Waals surface area contributed by atoms with E-state index in [0.29, 0.717) is 30.8 Å². The molecule has 0 spiro atoms. The second-order valence-corrected chi connectivity index (χ2v) is 5.56. The quantitative estimate of drug-likeness (QED) is 0.601. The van der Waals surface area contributed by atoms with Crippen molar-refractivity contribution in [3.05, 3.63) is 65.2 Å². The van der Waals surface area contributed by atoms with Gasteiger partial charge in [-0.25, -0.2) is 0 Å². The minimum Gasteiger partial charge on any atom is -0.426 e. The van der Waals surface area contributed by atoms with Crippen LogP contribution in [-0.2, 0) is 11.2 Å². The van der Waals surface area contributed by atoms with E-state index in [9.17, 15) is 9.59 Å². The fraction of sp³-hybridized carbons (Fsp3) is 0.300. The van der Waals surface area contributed by atoms with Crippen LogP contribution in [0.4, 0.5) is 0 Å². The maximum absolute atomic E-state index is 12.5. The Bertz CT molecular complexity index is 720. The number of hydrogen-bond acceptors (Lipinski definition) is 3. The molecule has 2 aromatic rings. The van der Waals surface area contributed by atoms with Crippen molar-refractivity contribution in [2.75, 3.05) is 13.1 Å². The Morgan fingerprint density at radius 1 is 1.00 bits per heavy atom. The Morgan fingerprint density at radius 3 is 2.38 bits per heavy atom. The van der Waals surface area contributed by atoms with Gasteiger partial charge in [0.15, 0.2) is 0 Å². The number of rotatable bonds is 6. The van der Waals surface area contributed by atoms with Crippen molar-refractivity contribution in [3.8, 4) is 5.75 Å². The molecular weight excluding hydrogens is 302 g/mol. The van der Waals surface area contributed by atoms with Crippen LogP contribution in [0.15, 0.2) is 48.5 Å². The smallest absolute Gasteiger partial charge is 0.308 e. The predicted molar refractivity (Wildman–Crippen MR) is 94.3 cm³/mol. The fourth-order valence-corrected chi connectivity index (χ4v) is 2.63. The van der Waals surface area contributed by atoms with E-state index in [2.05, 4.69) is 0 Å². The molecule has 0 aliphatic heterocycles. The summed E-state index contributed by atoms with van der Waals surface area (Å²) in [6, 6.07) is 15.1. The van der Waals surface area contributed by atoms with Gasteiger partial charge in [-0.05, 0) is 43.2 Å². The van der Waals surface area contributed by atoms with Crippen molar-refractivity contribution < 1.29 is 14.3 Å². The maximum Gasteiger partial charge on any atom is 0.308 e. The summed E-state index contributed by atoms with van der Waals surface area (Å²) >= 11 is 0. The Morgan fingerprint density at radius 2 is 1.71 bits per heavy atom. The summed E-state index contributed by atoms with van der Waals surface area (Å²) in [6.45, 7) is 6.71. The summed E-state index contributed by atoms with van der Waals surface area (Å²) in [4.78, 5) is 25.5. The van der Waals surface area contributed by atoms with Crippen molar-refractivity contribution in [1.29, 1.82) is 0 Å². The van der Waals surface area contributed by atoms with Crippen molar-refractivity contribution >= 4 is 11.9 Å². The van der Waals surface area contributed by atoms with Gasteiger partial charge >= 0.3 is 5.97 Å². The normalized spacial score (nSPS) is 10.3. The standard InChI is InChI=1S/C20H23NO3/c1-4-21(5-2)20(23)18-11-8-9-16(14-18)13-17-10-6-7-12-19(17)24-15(3)22/h6-12,14H,4-5,13H2,1-3H3. The summed E-state index contributed by atoms with van der Waals surface area (Å²) < 4.78 is 5.25. The van der Waals surface area contributed by atoms with E-state index in [1.54, 1.807) is 11.0 Å². The van der Waals surface area contributed by atoms with Gasteiger partial charge in [0.25, 0.3) is 5.91 Å². The first-order chi connectivity index (χ1) is 11.5. The second-order valence-electron chi connectivity index (χ2n) is 5.56. The molecule has 0 aromatic heterocycles. The monoisotopic (exact) mass is 325 g/mol. The molecule has 0 saturated heterocycles. The highest BCUT2D eigenvalue weighted by Gasteiger charge is 2.13. The molecule has 0 radical (unpaired) electrons. The number of para-hydroxylation sites is 1. The van der Waals surface area contributed by atoms with E-state index in [-0.39, 0.29) is 11.9 Å². The Balaban J connectivity index is 2.24. The molecule has 4 heteroatoms. The number of benzene rings is 2. The minimum absolute atomic E-state index is 0.0371. The molecule has 2 rings (SSSR count). The molecule has 24 heavy (non-hydrogen) atoms. The summed E-state index contributed by atoms with van der Waals surface area (Å²) in [5, 5.41) is 0. The fourth-order valence-electron chi connectivity index (χ4n) is 2.63.